The van der Waals surface area contributed by atoms with Crippen molar-refractivity contribution in [2.45, 2.75) is 6.92 Å². The minimum Gasteiger partial charge on any atom is -0.358 e. The predicted molar refractivity (Wildman–Crippen MR) is 56.0 cm³/mol. The summed E-state index contributed by atoms with van der Waals surface area (Å²) in [6.45, 7) is 6.76. The maximum Gasteiger partial charge on any atom is 0 e. The van der Waals surface area contributed by atoms with E-state index in [0.717, 1.165) is 0 Å². The summed E-state index contributed by atoms with van der Waals surface area (Å²) >= 11 is 0. The fourth-order valence-electron chi connectivity index (χ4n) is 1.07. The van der Waals surface area contributed by atoms with Gasteiger partial charge in [-0.25, -0.2) is 0 Å². The van der Waals surface area contributed by atoms with Gasteiger partial charge in [0.25, 0.3) is 0 Å². The molecule has 0 heterocycles. The van der Waals surface area contributed by atoms with E-state index in [9.17, 15) is 0 Å². The van der Waals surface area contributed by atoms with Gasteiger partial charge in [-0.3, -0.25) is 0 Å². The fraction of sp³-hybridized carbons (Fsp3) is 0.300. The van der Waals surface area contributed by atoms with Crippen LogP contribution in [0.15, 0.2) is 24.3 Å². The van der Waals surface area contributed by atoms with Crippen LogP contribution in [0.3, 0.4) is 0 Å². The molecule has 0 aliphatic heterocycles. The van der Waals surface area contributed by atoms with Crippen molar-refractivity contribution >= 4 is 13.2 Å². The maximum atomic E-state index is 2.29. The molecule has 1 aromatic carbocycles. The standard InChI is InChI=1S/C9H13P.CH3.Y/c1-8-6-4-5-7-9(8)10(2)3;;/h4-7H,1-3H3;1H3;/q;-1;. The van der Waals surface area contributed by atoms with Crippen LogP contribution >= 0.6 is 7.92 Å². The second kappa shape index (κ2) is 7.19. The van der Waals surface area contributed by atoms with Gasteiger partial charge in [0, 0.05) is 32.7 Å². The Hall–Kier alpha value is 0.754. The van der Waals surface area contributed by atoms with Crippen molar-refractivity contribution < 1.29 is 32.7 Å². The van der Waals surface area contributed by atoms with Crippen molar-refractivity contribution in [1.29, 1.82) is 0 Å². The summed E-state index contributed by atoms with van der Waals surface area (Å²) < 4.78 is 0. The van der Waals surface area contributed by atoms with Crippen LogP contribution in [0.5, 0.6) is 0 Å². The molecule has 0 atom stereocenters. The monoisotopic (exact) mass is 256 g/mol. The van der Waals surface area contributed by atoms with Gasteiger partial charge in [0.15, 0.2) is 0 Å². The Morgan fingerprint density at radius 3 is 1.92 bits per heavy atom. The molecule has 0 spiro atoms. The van der Waals surface area contributed by atoms with Crippen LogP contribution in [-0.2, 0) is 32.7 Å². The van der Waals surface area contributed by atoms with E-state index >= 15 is 0 Å². The third-order valence-electron chi connectivity index (χ3n) is 1.60. The van der Waals surface area contributed by atoms with Crippen molar-refractivity contribution in [2.24, 2.45) is 0 Å². The van der Waals surface area contributed by atoms with E-state index < -0.39 is 0 Å². The Bertz CT molecular complexity index is 221. The summed E-state index contributed by atoms with van der Waals surface area (Å²) in [6.07, 6.45) is 0. The van der Waals surface area contributed by atoms with Crippen molar-refractivity contribution in [1.82, 2.24) is 0 Å². The minimum atomic E-state index is 0. The first kappa shape index (κ1) is 15.2. The molecule has 0 bridgehead atoms. The van der Waals surface area contributed by atoms with Gasteiger partial charge >= 0.3 is 0 Å². The van der Waals surface area contributed by atoms with Crippen LogP contribution in [-0.4, -0.2) is 13.3 Å². The molecule has 1 radical (unpaired) electrons. The molecule has 0 aliphatic rings. The molecule has 0 nitrogen and oxygen atoms in total. The van der Waals surface area contributed by atoms with Crippen LogP contribution < -0.4 is 5.30 Å². The SMILES string of the molecule is Cc1ccccc1P(C)C.[CH3-].[Y]. The quantitative estimate of drug-likeness (QED) is 0.535. The van der Waals surface area contributed by atoms with E-state index in [1.807, 2.05) is 0 Å². The molecule has 0 amide bonds. The molecular weight excluding hydrogens is 240 g/mol. The zero-order chi connectivity index (χ0) is 7.56. The summed E-state index contributed by atoms with van der Waals surface area (Å²) in [7, 11) is 0.0836. The van der Waals surface area contributed by atoms with Crippen molar-refractivity contribution in [2.75, 3.05) is 13.3 Å². The average molecular weight is 256 g/mol. The first-order valence-electron chi connectivity index (χ1n) is 3.45. The molecule has 0 aromatic heterocycles. The van der Waals surface area contributed by atoms with Gasteiger partial charge in [-0.1, -0.05) is 32.2 Å². The second-order valence-corrected chi connectivity index (χ2v) is 4.95. The molecule has 0 N–H and O–H groups in total. The van der Waals surface area contributed by atoms with Gasteiger partial charge in [0.1, 0.15) is 0 Å². The predicted octanol–water partition coefficient (Wildman–Crippen LogP) is 2.81. The summed E-state index contributed by atoms with van der Waals surface area (Å²) in [5.41, 5.74) is 1.43. The summed E-state index contributed by atoms with van der Waals surface area (Å²) in [5, 5.41) is 1.53. The van der Waals surface area contributed by atoms with E-state index in [1.165, 1.54) is 10.9 Å². The topological polar surface area (TPSA) is 0 Å². The van der Waals surface area contributed by atoms with Crippen molar-refractivity contribution in [3.8, 4) is 0 Å². The molecule has 0 unspecified atom stereocenters. The fourth-order valence-corrected chi connectivity index (χ4v) is 2.23. The molecule has 0 saturated carbocycles. The molecule has 0 saturated heterocycles. The minimum absolute atomic E-state index is 0. The number of rotatable bonds is 1. The zero-order valence-corrected chi connectivity index (χ0v) is 12.1. The third-order valence-corrected chi connectivity index (χ3v) is 3.06. The van der Waals surface area contributed by atoms with Crippen LogP contribution in [0.25, 0.3) is 0 Å². The van der Waals surface area contributed by atoms with Crippen LogP contribution in [0.4, 0.5) is 0 Å². The number of benzene rings is 1. The average Bonchev–Trinajstić information content (AvgIpc) is 1.88. The van der Waals surface area contributed by atoms with Crippen LogP contribution in [0.1, 0.15) is 5.56 Å². The van der Waals surface area contributed by atoms with Crippen molar-refractivity contribution in [3.63, 3.8) is 0 Å². The Labute approximate surface area is 103 Å². The first-order chi connectivity index (χ1) is 4.72. The van der Waals surface area contributed by atoms with Gasteiger partial charge in [-0.2, -0.15) is 0 Å². The Balaban J connectivity index is 0. The Kier molecular flexibility index (Phi) is 9.12. The first-order valence-corrected chi connectivity index (χ1v) is 5.68. The number of hydrogen-bond donors (Lipinski definition) is 0. The molecule has 12 heavy (non-hydrogen) atoms. The van der Waals surface area contributed by atoms with E-state index in [-0.39, 0.29) is 48.1 Å². The molecule has 1 rings (SSSR count). The second-order valence-electron chi connectivity index (χ2n) is 2.68. The summed E-state index contributed by atoms with van der Waals surface area (Å²) in [4.78, 5) is 0. The summed E-state index contributed by atoms with van der Waals surface area (Å²) in [6, 6.07) is 8.61. The molecule has 2 heteroatoms. The number of aryl methyl sites for hydroxylation is 1. The van der Waals surface area contributed by atoms with Gasteiger partial charge in [0.05, 0.1) is 0 Å². The summed E-state index contributed by atoms with van der Waals surface area (Å²) in [5.74, 6) is 0. The van der Waals surface area contributed by atoms with Gasteiger partial charge < -0.3 is 7.43 Å². The Morgan fingerprint density at radius 2 is 1.58 bits per heavy atom. The van der Waals surface area contributed by atoms with Gasteiger partial charge in [-0.05, 0) is 31.1 Å². The molecule has 1 aromatic rings. The van der Waals surface area contributed by atoms with Crippen molar-refractivity contribution in [3.05, 3.63) is 37.3 Å². The van der Waals surface area contributed by atoms with E-state index in [1.54, 1.807) is 0 Å². The molecule has 0 fully saturated rings. The third kappa shape index (κ3) is 4.12. The van der Waals surface area contributed by atoms with Crippen LogP contribution in [0.2, 0.25) is 0 Å². The Morgan fingerprint density at radius 1 is 1.08 bits per heavy atom. The normalized spacial score (nSPS) is 8.67. The smallest absolute Gasteiger partial charge is 0 e. The van der Waals surface area contributed by atoms with Gasteiger partial charge in [0.2, 0.25) is 0 Å². The molecule has 65 valence electrons. The number of hydrogen-bond acceptors (Lipinski definition) is 0. The van der Waals surface area contributed by atoms with Crippen LogP contribution in [0, 0.1) is 14.4 Å². The van der Waals surface area contributed by atoms with E-state index in [0.29, 0.717) is 0 Å². The largest absolute Gasteiger partial charge is 0.358 e. The van der Waals surface area contributed by atoms with E-state index in [2.05, 4.69) is 44.5 Å². The van der Waals surface area contributed by atoms with E-state index in [4.69, 9.17) is 0 Å². The van der Waals surface area contributed by atoms with Gasteiger partial charge in [-0.15, -0.1) is 0 Å². The molecular formula is C10H16PY-. The molecule has 0 aliphatic carbocycles. The maximum absolute atomic E-state index is 2.29. The zero-order valence-electron chi connectivity index (χ0n) is 8.33.